The highest BCUT2D eigenvalue weighted by molar-refractivity contribution is 8.06. The summed E-state index contributed by atoms with van der Waals surface area (Å²) in [5.74, 6) is -0.592. The molecule has 0 spiro atoms. The monoisotopic (exact) mass is 326 g/mol. The zero-order chi connectivity index (χ0) is 16.8. The highest BCUT2D eigenvalue weighted by atomic mass is 32.2. The highest BCUT2D eigenvalue weighted by Gasteiger charge is 2.28. The van der Waals surface area contributed by atoms with Crippen molar-refractivity contribution in [3.63, 3.8) is 0 Å². The lowest BCUT2D eigenvalue weighted by Gasteiger charge is -2.22. The van der Waals surface area contributed by atoms with Crippen molar-refractivity contribution in [3.8, 4) is 6.07 Å². The Labute approximate surface area is 140 Å². The molecule has 0 saturated heterocycles. The van der Waals surface area contributed by atoms with Crippen molar-refractivity contribution < 1.29 is 9.53 Å². The third kappa shape index (κ3) is 3.66. The van der Waals surface area contributed by atoms with Crippen molar-refractivity contribution in [2.24, 2.45) is 0 Å². The van der Waals surface area contributed by atoms with Crippen LogP contribution in [-0.4, -0.2) is 24.0 Å². The molecule has 0 amide bonds. The van der Waals surface area contributed by atoms with Crippen LogP contribution in [0.15, 0.2) is 52.9 Å². The van der Waals surface area contributed by atoms with Gasteiger partial charge in [-0.1, -0.05) is 47.7 Å². The molecule has 0 atom stereocenters. The summed E-state index contributed by atoms with van der Waals surface area (Å²) in [5, 5.41) is 11.9. The lowest BCUT2D eigenvalue weighted by Crippen LogP contribution is -2.20. The summed E-state index contributed by atoms with van der Waals surface area (Å²) in [4.78, 5) is 13.9. The second kappa shape index (κ2) is 7.70. The van der Waals surface area contributed by atoms with E-state index >= 15 is 0 Å². The molecule has 23 heavy (non-hydrogen) atoms. The standard InChI is InChI=1S/C18H18N2O2S/c1-4-10-20-16(14-8-6-13(3)7-9-14)12-23-17(20)15(11-19)18(21)22-5-2/h4,6-9,12H,1,5,10H2,2-3H3. The molecule has 0 unspecified atom stereocenters. The van der Waals surface area contributed by atoms with Gasteiger partial charge in [0.2, 0.25) is 0 Å². The second-order valence-electron chi connectivity index (χ2n) is 4.90. The lowest BCUT2D eigenvalue weighted by molar-refractivity contribution is -0.138. The minimum absolute atomic E-state index is 0.0251. The first kappa shape index (κ1) is 16.9. The molecule has 1 heterocycles. The number of hydrogen-bond donors (Lipinski definition) is 0. The Bertz CT molecular complexity index is 712. The van der Waals surface area contributed by atoms with Crippen LogP contribution in [0.4, 0.5) is 0 Å². The second-order valence-corrected chi connectivity index (χ2v) is 5.76. The molecule has 5 heteroatoms. The molecule has 0 aliphatic carbocycles. The van der Waals surface area contributed by atoms with Gasteiger partial charge in [-0.05, 0) is 19.4 Å². The molecular formula is C18H18N2O2S. The van der Waals surface area contributed by atoms with E-state index in [9.17, 15) is 10.1 Å². The predicted octanol–water partition coefficient (Wildman–Crippen LogP) is 3.83. The molecule has 1 aliphatic heterocycles. The maximum atomic E-state index is 12.0. The van der Waals surface area contributed by atoms with E-state index in [1.54, 1.807) is 13.0 Å². The number of benzene rings is 1. The zero-order valence-corrected chi connectivity index (χ0v) is 14.0. The molecule has 0 radical (unpaired) electrons. The van der Waals surface area contributed by atoms with Gasteiger partial charge in [0.05, 0.1) is 12.3 Å². The number of carbonyl (C=O) groups excluding carboxylic acids is 1. The Morgan fingerprint density at radius 1 is 1.43 bits per heavy atom. The topological polar surface area (TPSA) is 53.3 Å². The first-order chi connectivity index (χ1) is 11.1. The number of ether oxygens (including phenoxy) is 1. The van der Waals surface area contributed by atoms with E-state index in [0.29, 0.717) is 11.6 Å². The van der Waals surface area contributed by atoms with E-state index in [0.717, 1.165) is 11.3 Å². The van der Waals surface area contributed by atoms with Crippen LogP contribution in [0.3, 0.4) is 0 Å². The van der Waals surface area contributed by atoms with E-state index in [2.05, 4.69) is 6.58 Å². The van der Waals surface area contributed by atoms with Gasteiger partial charge in [-0.2, -0.15) is 5.26 Å². The minimum atomic E-state index is -0.592. The van der Waals surface area contributed by atoms with Crippen molar-refractivity contribution in [1.82, 2.24) is 4.90 Å². The van der Waals surface area contributed by atoms with Gasteiger partial charge in [-0.3, -0.25) is 0 Å². The van der Waals surface area contributed by atoms with Crippen molar-refractivity contribution >= 4 is 23.4 Å². The van der Waals surface area contributed by atoms with Gasteiger partial charge < -0.3 is 9.64 Å². The summed E-state index contributed by atoms with van der Waals surface area (Å²) in [7, 11) is 0. The molecule has 0 aromatic heterocycles. The van der Waals surface area contributed by atoms with Gasteiger partial charge in [0.15, 0.2) is 5.57 Å². The Morgan fingerprint density at radius 2 is 2.13 bits per heavy atom. The number of esters is 1. The fourth-order valence-electron chi connectivity index (χ4n) is 2.18. The van der Waals surface area contributed by atoms with Crippen LogP contribution in [-0.2, 0) is 9.53 Å². The maximum absolute atomic E-state index is 12.0. The summed E-state index contributed by atoms with van der Waals surface area (Å²) in [5.41, 5.74) is 3.18. The average molecular weight is 326 g/mol. The molecule has 1 aromatic rings. The summed E-state index contributed by atoms with van der Waals surface area (Å²) in [6.45, 7) is 8.26. The highest BCUT2D eigenvalue weighted by Crippen LogP contribution is 2.41. The van der Waals surface area contributed by atoms with Gasteiger partial charge in [0.1, 0.15) is 11.1 Å². The van der Waals surface area contributed by atoms with Gasteiger partial charge in [-0.15, -0.1) is 6.58 Å². The van der Waals surface area contributed by atoms with Crippen molar-refractivity contribution in [2.75, 3.05) is 13.2 Å². The largest absolute Gasteiger partial charge is 0.462 e. The number of thioether (sulfide) groups is 1. The average Bonchev–Trinajstić information content (AvgIpc) is 2.93. The fourth-order valence-corrected chi connectivity index (χ4v) is 3.22. The van der Waals surface area contributed by atoms with Crippen LogP contribution in [0.5, 0.6) is 0 Å². The molecule has 4 nitrogen and oxygen atoms in total. The first-order valence-electron chi connectivity index (χ1n) is 7.26. The molecule has 1 aliphatic rings. The third-order valence-electron chi connectivity index (χ3n) is 3.28. The fraction of sp³-hybridized carbons (Fsp3) is 0.222. The van der Waals surface area contributed by atoms with Crippen molar-refractivity contribution in [2.45, 2.75) is 13.8 Å². The molecule has 118 valence electrons. The number of aryl methyl sites for hydroxylation is 1. The Balaban J connectivity index is 2.42. The van der Waals surface area contributed by atoms with Crippen LogP contribution >= 0.6 is 11.8 Å². The number of rotatable bonds is 5. The van der Waals surface area contributed by atoms with Crippen LogP contribution in [0.1, 0.15) is 18.1 Å². The smallest absolute Gasteiger partial charge is 0.351 e. The molecule has 0 fully saturated rings. The van der Waals surface area contributed by atoms with E-state index in [1.165, 1.54) is 17.3 Å². The molecular weight excluding hydrogens is 308 g/mol. The molecule has 1 aromatic carbocycles. The van der Waals surface area contributed by atoms with Gasteiger partial charge in [0, 0.05) is 12.0 Å². The van der Waals surface area contributed by atoms with E-state index in [1.807, 2.05) is 47.6 Å². The number of nitriles is 1. The van der Waals surface area contributed by atoms with Crippen molar-refractivity contribution in [1.29, 1.82) is 5.26 Å². The van der Waals surface area contributed by atoms with Crippen LogP contribution in [0, 0.1) is 18.3 Å². The summed E-state index contributed by atoms with van der Waals surface area (Å²) in [6, 6.07) is 10.1. The predicted molar refractivity (Wildman–Crippen MR) is 92.9 cm³/mol. The number of nitrogens with zero attached hydrogens (tertiary/aromatic N) is 2. The van der Waals surface area contributed by atoms with Crippen molar-refractivity contribution in [3.05, 3.63) is 64.1 Å². The molecule has 0 N–H and O–H groups in total. The van der Waals surface area contributed by atoms with Gasteiger partial charge in [-0.25, -0.2) is 4.79 Å². The van der Waals surface area contributed by atoms with Gasteiger partial charge in [0.25, 0.3) is 0 Å². The maximum Gasteiger partial charge on any atom is 0.351 e. The SMILES string of the molecule is C=CCN1C(c2ccc(C)cc2)=CSC1=C(C#N)C(=O)OCC. The molecule has 0 bridgehead atoms. The Morgan fingerprint density at radius 3 is 2.70 bits per heavy atom. The Hall–Kier alpha value is -2.45. The molecule has 0 saturated carbocycles. The zero-order valence-electron chi connectivity index (χ0n) is 13.2. The molecule has 2 rings (SSSR count). The third-order valence-corrected chi connectivity index (χ3v) is 4.27. The quantitative estimate of drug-likeness (QED) is 0.356. The first-order valence-corrected chi connectivity index (χ1v) is 8.14. The summed E-state index contributed by atoms with van der Waals surface area (Å²) >= 11 is 1.36. The van der Waals surface area contributed by atoms with Gasteiger partial charge >= 0.3 is 5.97 Å². The lowest BCUT2D eigenvalue weighted by atomic mass is 10.1. The minimum Gasteiger partial charge on any atom is -0.462 e. The van der Waals surface area contributed by atoms with Crippen LogP contribution in [0.2, 0.25) is 0 Å². The normalized spacial score (nSPS) is 15.7. The number of carbonyl (C=O) groups is 1. The van der Waals surface area contributed by atoms with E-state index in [4.69, 9.17) is 4.74 Å². The Kier molecular flexibility index (Phi) is 5.67. The van der Waals surface area contributed by atoms with E-state index in [-0.39, 0.29) is 12.2 Å². The van der Waals surface area contributed by atoms with Crippen LogP contribution in [0.25, 0.3) is 5.70 Å². The number of hydrogen-bond acceptors (Lipinski definition) is 5. The summed E-state index contributed by atoms with van der Waals surface area (Å²) < 4.78 is 4.98. The van der Waals surface area contributed by atoms with E-state index < -0.39 is 5.97 Å². The summed E-state index contributed by atoms with van der Waals surface area (Å²) in [6.07, 6.45) is 1.74. The van der Waals surface area contributed by atoms with Crippen LogP contribution < -0.4 is 0 Å².